The van der Waals surface area contributed by atoms with E-state index in [-0.39, 0.29) is 11.4 Å². The maximum absolute atomic E-state index is 12.1. The summed E-state index contributed by atoms with van der Waals surface area (Å²) in [6, 6.07) is 6.33. The Morgan fingerprint density at radius 1 is 1.45 bits per heavy atom. The summed E-state index contributed by atoms with van der Waals surface area (Å²) in [5.41, 5.74) is 8.05. The SMILES string of the molecule is Cc1ccc(C)c(SCC(=O)NC(C)(CN)C2CC2)c1. The fourth-order valence-corrected chi connectivity index (χ4v) is 3.32. The van der Waals surface area contributed by atoms with Crippen molar-refractivity contribution >= 4 is 17.7 Å². The molecule has 1 amide bonds. The van der Waals surface area contributed by atoms with Crippen LogP contribution in [0.3, 0.4) is 0 Å². The lowest BCUT2D eigenvalue weighted by atomic mass is 9.96. The van der Waals surface area contributed by atoms with E-state index in [0.29, 0.717) is 18.2 Å². The van der Waals surface area contributed by atoms with Gasteiger partial charge in [0.15, 0.2) is 0 Å². The van der Waals surface area contributed by atoms with Crippen molar-refractivity contribution in [2.75, 3.05) is 12.3 Å². The Hall–Kier alpha value is -1.00. The first-order chi connectivity index (χ1) is 9.44. The molecule has 0 saturated heterocycles. The van der Waals surface area contributed by atoms with E-state index in [1.54, 1.807) is 11.8 Å². The van der Waals surface area contributed by atoms with E-state index in [9.17, 15) is 4.79 Å². The number of rotatable bonds is 6. The number of nitrogens with two attached hydrogens (primary N) is 1. The van der Waals surface area contributed by atoms with E-state index < -0.39 is 0 Å². The highest BCUT2D eigenvalue weighted by molar-refractivity contribution is 8.00. The Balaban J connectivity index is 1.90. The summed E-state index contributed by atoms with van der Waals surface area (Å²) < 4.78 is 0. The maximum atomic E-state index is 12.1. The summed E-state index contributed by atoms with van der Waals surface area (Å²) in [6.45, 7) is 6.72. The normalized spacial score (nSPS) is 17.6. The van der Waals surface area contributed by atoms with Crippen LogP contribution in [0.25, 0.3) is 0 Å². The van der Waals surface area contributed by atoms with Gasteiger partial charge in [-0.05, 0) is 51.2 Å². The molecule has 0 heterocycles. The first kappa shape index (κ1) is 15.4. The number of hydrogen-bond donors (Lipinski definition) is 2. The van der Waals surface area contributed by atoms with Crippen molar-refractivity contribution in [2.45, 2.75) is 44.0 Å². The van der Waals surface area contributed by atoms with Gasteiger partial charge in [-0.3, -0.25) is 4.79 Å². The van der Waals surface area contributed by atoms with Crippen molar-refractivity contribution in [2.24, 2.45) is 11.7 Å². The average molecular weight is 292 g/mol. The summed E-state index contributed by atoms with van der Waals surface area (Å²) in [7, 11) is 0. The van der Waals surface area contributed by atoms with Crippen LogP contribution in [0.15, 0.2) is 23.1 Å². The van der Waals surface area contributed by atoms with Crippen LogP contribution in [0.2, 0.25) is 0 Å². The summed E-state index contributed by atoms with van der Waals surface area (Å²) >= 11 is 1.60. The second-order valence-corrected chi connectivity index (χ2v) is 7.02. The fourth-order valence-electron chi connectivity index (χ4n) is 2.40. The molecule has 110 valence electrons. The average Bonchev–Trinajstić information content (AvgIpc) is 3.24. The number of thioether (sulfide) groups is 1. The molecule has 0 aromatic heterocycles. The lowest BCUT2D eigenvalue weighted by molar-refractivity contribution is -0.120. The largest absolute Gasteiger partial charge is 0.349 e. The van der Waals surface area contributed by atoms with Crippen LogP contribution in [0.4, 0.5) is 0 Å². The van der Waals surface area contributed by atoms with Gasteiger partial charge in [0.05, 0.1) is 11.3 Å². The molecule has 20 heavy (non-hydrogen) atoms. The molecule has 3 N–H and O–H groups in total. The molecule has 0 radical (unpaired) electrons. The number of hydrogen-bond acceptors (Lipinski definition) is 3. The second-order valence-electron chi connectivity index (χ2n) is 6.00. The van der Waals surface area contributed by atoms with Crippen molar-refractivity contribution in [3.8, 4) is 0 Å². The third-order valence-corrected chi connectivity index (χ3v) is 5.19. The van der Waals surface area contributed by atoms with Gasteiger partial charge in [-0.25, -0.2) is 0 Å². The van der Waals surface area contributed by atoms with Gasteiger partial charge in [-0.15, -0.1) is 11.8 Å². The minimum atomic E-state index is -0.223. The van der Waals surface area contributed by atoms with E-state index in [4.69, 9.17) is 5.73 Å². The Morgan fingerprint density at radius 2 is 2.15 bits per heavy atom. The van der Waals surface area contributed by atoms with Crippen molar-refractivity contribution in [3.05, 3.63) is 29.3 Å². The minimum absolute atomic E-state index is 0.0794. The molecule has 0 spiro atoms. The Kier molecular flexibility index (Phi) is 4.76. The molecule has 2 rings (SSSR count). The summed E-state index contributed by atoms with van der Waals surface area (Å²) in [5.74, 6) is 1.09. The molecule has 1 fully saturated rings. The lowest BCUT2D eigenvalue weighted by Crippen LogP contribution is -2.53. The zero-order valence-electron chi connectivity index (χ0n) is 12.5. The summed E-state index contributed by atoms with van der Waals surface area (Å²) in [6.07, 6.45) is 2.36. The van der Waals surface area contributed by atoms with Gasteiger partial charge in [0.25, 0.3) is 0 Å². The van der Waals surface area contributed by atoms with Gasteiger partial charge < -0.3 is 11.1 Å². The van der Waals surface area contributed by atoms with Crippen LogP contribution in [-0.2, 0) is 4.79 Å². The maximum Gasteiger partial charge on any atom is 0.230 e. The Morgan fingerprint density at radius 3 is 2.75 bits per heavy atom. The van der Waals surface area contributed by atoms with Crippen molar-refractivity contribution in [3.63, 3.8) is 0 Å². The molecule has 1 aliphatic carbocycles. The predicted molar refractivity (Wildman–Crippen MR) is 85.0 cm³/mol. The molecule has 1 aromatic rings. The van der Waals surface area contributed by atoms with Crippen LogP contribution in [0, 0.1) is 19.8 Å². The van der Waals surface area contributed by atoms with E-state index in [1.807, 2.05) is 0 Å². The molecule has 0 bridgehead atoms. The number of benzene rings is 1. The molecule has 4 heteroatoms. The van der Waals surface area contributed by atoms with Crippen LogP contribution in [0.5, 0.6) is 0 Å². The van der Waals surface area contributed by atoms with E-state index >= 15 is 0 Å². The topological polar surface area (TPSA) is 55.1 Å². The monoisotopic (exact) mass is 292 g/mol. The van der Waals surface area contributed by atoms with Crippen LogP contribution in [0.1, 0.15) is 30.9 Å². The number of carbonyl (C=O) groups is 1. The smallest absolute Gasteiger partial charge is 0.230 e. The summed E-state index contributed by atoms with van der Waals surface area (Å²) in [5, 5.41) is 3.12. The highest BCUT2D eigenvalue weighted by Gasteiger charge is 2.41. The molecule has 1 aliphatic rings. The minimum Gasteiger partial charge on any atom is -0.349 e. The number of aryl methyl sites for hydroxylation is 2. The zero-order valence-corrected chi connectivity index (χ0v) is 13.3. The molecule has 3 nitrogen and oxygen atoms in total. The Bertz CT molecular complexity index is 499. The van der Waals surface area contributed by atoms with Crippen LogP contribution >= 0.6 is 11.8 Å². The summed E-state index contributed by atoms with van der Waals surface area (Å²) in [4.78, 5) is 13.3. The van der Waals surface area contributed by atoms with E-state index in [2.05, 4.69) is 44.3 Å². The van der Waals surface area contributed by atoms with Gasteiger partial charge in [-0.2, -0.15) is 0 Å². The number of nitrogens with one attached hydrogen (secondary N) is 1. The van der Waals surface area contributed by atoms with Gasteiger partial charge in [0, 0.05) is 11.4 Å². The molecule has 0 aliphatic heterocycles. The molecular formula is C16H24N2OS. The van der Waals surface area contributed by atoms with Gasteiger partial charge >= 0.3 is 0 Å². The highest BCUT2D eigenvalue weighted by atomic mass is 32.2. The zero-order chi connectivity index (χ0) is 14.8. The molecule has 1 atom stereocenters. The van der Waals surface area contributed by atoms with E-state index in [1.165, 1.54) is 28.9 Å². The van der Waals surface area contributed by atoms with Crippen molar-refractivity contribution < 1.29 is 4.79 Å². The quantitative estimate of drug-likeness (QED) is 0.793. The molecule has 1 aromatic carbocycles. The van der Waals surface area contributed by atoms with Crippen LogP contribution in [-0.4, -0.2) is 23.7 Å². The van der Waals surface area contributed by atoms with Crippen molar-refractivity contribution in [1.82, 2.24) is 5.32 Å². The Labute approximate surface area is 125 Å². The molecule has 1 unspecified atom stereocenters. The fraction of sp³-hybridized carbons (Fsp3) is 0.562. The number of carbonyl (C=O) groups excluding carboxylic acids is 1. The standard InChI is InChI=1S/C16H24N2OS/c1-11-4-5-12(2)14(8-11)20-9-15(19)18-16(3,10-17)13-6-7-13/h4-5,8,13H,6-7,9-10,17H2,1-3H3,(H,18,19). The van der Waals surface area contributed by atoms with Crippen molar-refractivity contribution in [1.29, 1.82) is 0 Å². The first-order valence-corrected chi connectivity index (χ1v) is 8.14. The lowest BCUT2D eigenvalue weighted by Gasteiger charge is -2.29. The predicted octanol–water partition coefficient (Wildman–Crippen LogP) is 2.64. The first-order valence-electron chi connectivity index (χ1n) is 7.16. The van der Waals surface area contributed by atoms with Crippen LogP contribution < -0.4 is 11.1 Å². The van der Waals surface area contributed by atoms with Gasteiger partial charge in [0.2, 0.25) is 5.91 Å². The second kappa shape index (κ2) is 6.19. The third kappa shape index (κ3) is 3.76. The van der Waals surface area contributed by atoms with Gasteiger partial charge in [0.1, 0.15) is 0 Å². The third-order valence-electron chi connectivity index (χ3n) is 4.03. The highest BCUT2D eigenvalue weighted by Crippen LogP contribution is 2.39. The molecule has 1 saturated carbocycles. The number of amides is 1. The van der Waals surface area contributed by atoms with E-state index in [0.717, 1.165) is 0 Å². The molecular weight excluding hydrogens is 268 g/mol. The van der Waals surface area contributed by atoms with Gasteiger partial charge in [-0.1, -0.05) is 17.7 Å².